The number of hydrogen-bond donors (Lipinski definition) is 3. The number of halogens is 1. The molecule has 114 valence electrons. The first-order valence-corrected chi connectivity index (χ1v) is 6.63. The van der Waals surface area contributed by atoms with Gasteiger partial charge in [-0.3, -0.25) is 4.79 Å². The van der Waals surface area contributed by atoms with E-state index in [1.807, 2.05) is 0 Å². The van der Waals surface area contributed by atoms with Crippen molar-refractivity contribution >= 4 is 17.4 Å². The Morgan fingerprint density at radius 1 is 1.57 bits per heavy atom. The van der Waals surface area contributed by atoms with E-state index in [9.17, 15) is 9.18 Å². The van der Waals surface area contributed by atoms with Crippen LogP contribution in [0.3, 0.4) is 0 Å². The number of anilines is 1. The van der Waals surface area contributed by atoms with E-state index < -0.39 is 17.3 Å². The molecule has 0 unspecified atom stereocenters. The Bertz CT molecular complexity index is 565. The summed E-state index contributed by atoms with van der Waals surface area (Å²) in [6.45, 7) is 0. The van der Waals surface area contributed by atoms with E-state index in [1.165, 1.54) is 18.2 Å². The number of ether oxygens (including phenoxy) is 1. The van der Waals surface area contributed by atoms with Crippen molar-refractivity contribution in [3.05, 3.63) is 29.6 Å². The van der Waals surface area contributed by atoms with E-state index in [4.69, 9.17) is 15.7 Å². The molecule has 1 fully saturated rings. The van der Waals surface area contributed by atoms with Gasteiger partial charge in [-0.2, -0.15) is 0 Å². The van der Waals surface area contributed by atoms with Crippen LogP contribution in [0, 0.1) is 5.82 Å². The second-order valence-electron chi connectivity index (χ2n) is 5.11. The Kier molecular flexibility index (Phi) is 4.42. The fourth-order valence-corrected chi connectivity index (χ4v) is 2.45. The van der Waals surface area contributed by atoms with Crippen LogP contribution in [0.25, 0.3) is 0 Å². The topological polar surface area (TPSA) is 96.9 Å². The molecule has 0 radical (unpaired) electrons. The minimum Gasteiger partial charge on any atom is -0.409 e. The Morgan fingerprint density at radius 2 is 2.29 bits per heavy atom. The molecular formula is C14H18FN3O3. The van der Waals surface area contributed by atoms with Gasteiger partial charge in [0.05, 0.1) is 23.3 Å². The molecule has 6 nitrogen and oxygen atoms in total. The third-order valence-corrected chi connectivity index (χ3v) is 3.83. The Hall–Kier alpha value is -2.15. The number of benzene rings is 1. The van der Waals surface area contributed by atoms with Crippen molar-refractivity contribution in [1.29, 1.82) is 0 Å². The average molecular weight is 295 g/mol. The summed E-state index contributed by atoms with van der Waals surface area (Å²) < 4.78 is 19.2. The summed E-state index contributed by atoms with van der Waals surface area (Å²) in [6.07, 6.45) is 2.87. The third-order valence-electron chi connectivity index (χ3n) is 3.83. The number of carbonyl (C=O) groups is 1. The van der Waals surface area contributed by atoms with E-state index >= 15 is 0 Å². The lowest BCUT2D eigenvalue weighted by Crippen LogP contribution is -2.42. The Labute approximate surface area is 121 Å². The number of amides is 1. The van der Waals surface area contributed by atoms with Crippen molar-refractivity contribution < 1.29 is 19.1 Å². The quantitative estimate of drug-likeness (QED) is 0.334. The normalized spacial score (nSPS) is 17.1. The largest absolute Gasteiger partial charge is 0.409 e. The van der Waals surface area contributed by atoms with Gasteiger partial charge < -0.3 is 21.0 Å². The summed E-state index contributed by atoms with van der Waals surface area (Å²) in [5.41, 5.74) is 5.06. The average Bonchev–Trinajstić information content (AvgIpc) is 2.42. The summed E-state index contributed by atoms with van der Waals surface area (Å²) in [7, 11) is 1.58. The van der Waals surface area contributed by atoms with E-state index in [1.54, 1.807) is 7.11 Å². The van der Waals surface area contributed by atoms with Crippen LogP contribution in [0.1, 0.15) is 31.2 Å². The molecule has 1 aromatic rings. The van der Waals surface area contributed by atoms with Crippen molar-refractivity contribution in [2.75, 3.05) is 12.4 Å². The van der Waals surface area contributed by atoms with Gasteiger partial charge in [-0.15, -0.1) is 0 Å². The van der Waals surface area contributed by atoms with E-state index in [-0.39, 0.29) is 23.6 Å². The second kappa shape index (κ2) is 6.09. The summed E-state index contributed by atoms with van der Waals surface area (Å²) >= 11 is 0. The van der Waals surface area contributed by atoms with E-state index in [0.717, 1.165) is 19.3 Å². The fourth-order valence-electron chi connectivity index (χ4n) is 2.45. The molecule has 1 aromatic carbocycles. The summed E-state index contributed by atoms with van der Waals surface area (Å²) in [5, 5.41) is 14.1. The fraction of sp³-hybridized carbons (Fsp3) is 0.429. The summed E-state index contributed by atoms with van der Waals surface area (Å²) in [5.74, 6) is -1.36. The monoisotopic (exact) mass is 295 g/mol. The number of nitrogens with zero attached hydrogens (tertiary/aromatic N) is 1. The first-order chi connectivity index (χ1) is 10.0. The first-order valence-electron chi connectivity index (χ1n) is 6.63. The minimum absolute atomic E-state index is 0.131. The van der Waals surface area contributed by atoms with Crippen LogP contribution in [0.2, 0.25) is 0 Å². The number of amidine groups is 1. The van der Waals surface area contributed by atoms with Crippen LogP contribution in [0.5, 0.6) is 0 Å². The standard InChI is InChI=1S/C14H18FN3O3/c1-21-14(6-3-7-14)8-11(19)17-10-5-2-4-9(15)12(10)13(16)18-20/h2,4-5,20H,3,6-8H2,1H3,(H2,16,18)(H,17,19). The van der Waals surface area contributed by atoms with Crippen molar-refractivity contribution in [2.45, 2.75) is 31.3 Å². The highest BCUT2D eigenvalue weighted by Crippen LogP contribution is 2.38. The number of methoxy groups -OCH3 is 1. The highest BCUT2D eigenvalue weighted by atomic mass is 19.1. The number of nitrogens with one attached hydrogen (secondary N) is 1. The molecule has 7 heteroatoms. The predicted octanol–water partition coefficient (Wildman–Crippen LogP) is 1.82. The minimum atomic E-state index is -0.673. The molecule has 1 amide bonds. The maximum Gasteiger partial charge on any atom is 0.227 e. The molecule has 1 aliphatic carbocycles. The molecule has 1 saturated carbocycles. The van der Waals surface area contributed by atoms with Gasteiger partial charge in [-0.25, -0.2) is 4.39 Å². The van der Waals surface area contributed by atoms with Crippen molar-refractivity contribution in [3.8, 4) is 0 Å². The molecule has 0 heterocycles. The lowest BCUT2D eigenvalue weighted by atomic mass is 9.77. The summed E-state index contributed by atoms with van der Waals surface area (Å²) in [6, 6.07) is 4.11. The molecule has 21 heavy (non-hydrogen) atoms. The number of rotatable bonds is 5. The number of oxime groups is 1. The molecule has 0 saturated heterocycles. The number of nitrogens with two attached hydrogens (primary N) is 1. The lowest BCUT2D eigenvalue weighted by molar-refractivity contribution is -0.129. The third kappa shape index (κ3) is 3.13. The van der Waals surface area contributed by atoms with Gasteiger partial charge in [0.2, 0.25) is 5.91 Å². The highest BCUT2D eigenvalue weighted by molar-refractivity contribution is 6.05. The molecule has 1 aliphatic rings. The molecular weight excluding hydrogens is 277 g/mol. The molecule has 0 aliphatic heterocycles. The zero-order valence-electron chi connectivity index (χ0n) is 11.7. The first kappa shape index (κ1) is 15.2. The SMILES string of the molecule is COC1(CC(=O)Nc2cccc(F)c2/C(N)=N/O)CCC1. The van der Waals surface area contributed by atoms with Gasteiger partial charge in [0, 0.05) is 7.11 Å². The number of carbonyl (C=O) groups excluding carboxylic acids is 1. The van der Waals surface area contributed by atoms with Crippen molar-refractivity contribution in [3.63, 3.8) is 0 Å². The molecule has 0 bridgehead atoms. The van der Waals surface area contributed by atoms with Crippen LogP contribution in [-0.4, -0.2) is 29.7 Å². The zero-order chi connectivity index (χ0) is 15.5. The van der Waals surface area contributed by atoms with Crippen LogP contribution < -0.4 is 11.1 Å². The maximum atomic E-state index is 13.8. The maximum absolute atomic E-state index is 13.8. The molecule has 0 aromatic heterocycles. The van der Waals surface area contributed by atoms with Gasteiger partial charge in [0.1, 0.15) is 5.82 Å². The van der Waals surface area contributed by atoms with Crippen molar-refractivity contribution in [2.24, 2.45) is 10.9 Å². The van der Waals surface area contributed by atoms with Crippen LogP contribution in [0.15, 0.2) is 23.4 Å². The summed E-state index contributed by atoms with van der Waals surface area (Å²) in [4.78, 5) is 12.1. The number of hydrogen-bond acceptors (Lipinski definition) is 4. The smallest absolute Gasteiger partial charge is 0.227 e. The Morgan fingerprint density at radius 3 is 2.81 bits per heavy atom. The Balaban J connectivity index is 2.16. The van der Waals surface area contributed by atoms with Gasteiger partial charge >= 0.3 is 0 Å². The van der Waals surface area contributed by atoms with Gasteiger partial charge in [0.15, 0.2) is 5.84 Å². The lowest BCUT2D eigenvalue weighted by Gasteiger charge is -2.39. The van der Waals surface area contributed by atoms with Crippen molar-refractivity contribution in [1.82, 2.24) is 0 Å². The van der Waals surface area contributed by atoms with E-state index in [2.05, 4.69) is 10.5 Å². The van der Waals surface area contributed by atoms with E-state index in [0.29, 0.717) is 0 Å². The molecule has 0 atom stereocenters. The zero-order valence-corrected chi connectivity index (χ0v) is 11.7. The molecule has 2 rings (SSSR count). The van der Waals surface area contributed by atoms with Gasteiger partial charge in [-0.1, -0.05) is 11.2 Å². The molecule has 4 N–H and O–H groups in total. The van der Waals surface area contributed by atoms with Crippen LogP contribution in [-0.2, 0) is 9.53 Å². The second-order valence-corrected chi connectivity index (χ2v) is 5.11. The highest BCUT2D eigenvalue weighted by Gasteiger charge is 2.39. The van der Waals surface area contributed by atoms with Crippen LogP contribution >= 0.6 is 0 Å². The van der Waals surface area contributed by atoms with Crippen LogP contribution in [0.4, 0.5) is 10.1 Å². The molecule has 0 spiro atoms. The van der Waals surface area contributed by atoms with Gasteiger partial charge in [0.25, 0.3) is 0 Å². The van der Waals surface area contributed by atoms with Gasteiger partial charge in [-0.05, 0) is 31.4 Å². The predicted molar refractivity (Wildman–Crippen MR) is 75.7 cm³/mol.